The van der Waals surface area contributed by atoms with Gasteiger partial charge >= 0.3 is 0 Å². The van der Waals surface area contributed by atoms with Gasteiger partial charge in [-0.25, -0.2) is 0 Å². The molecule has 110 valence electrons. The third-order valence-corrected chi connectivity index (χ3v) is 3.46. The minimum atomic E-state index is 0.193. The van der Waals surface area contributed by atoms with Crippen LogP contribution in [0.2, 0.25) is 0 Å². The SMILES string of the molecule is CCCNC(C1=COCCC1)c1ccccc1OCC. The summed E-state index contributed by atoms with van der Waals surface area (Å²) in [4.78, 5) is 0. The van der Waals surface area contributed by atoms with Crippen molar-refractivity contribution in [3.05, 3.63) is 41.7 Å². The van der Waals surface area contributed by atoms with Gasteiger partial charge in [-0.05, 0) is 44.4 Å². The van der Waals surface area contributed by atoms with Gasteiger partial charge in [0.05, 0.1) is 25.5 Å². The summed E-state index contributed by atoms with van der Waals surface area (Å²) in [6.45, 7) is 6.71. The number of para-hydroxylation sites is 1. The molecule has 1 atom stereocenters. The molecule has 1 N–H and O–H groups in total. The van der Waals surface area contributed by atoms with Crippen LogP contribution in [0, 0.1) is 0 Å². The molecule has 0 aromatic heterocycles. The molecular formula is C17H25NO2. The van der Waals surface area contributed by atoms with E-state index in [0.29, 0.717) is 6.61 Å². The molecule has 0 fully saturated rings. The molecule has 1 unspecified atom stereocenters. The van der Waals surface area contributed by atoms with Gasteiger partial charge in [-0.2, -0.15) is 0 Å². The van der Waals surface area contributed by atoms with Crippen molar-refractivity contribution in [2.45, 2.75) is 39.2 Å². The van der Waals surface area contributed by atoms with Crippen molar-refractivity contribution >= 4 is 0 Å². The predicted molar refractivity (Wildman–Crippen MR) is 81.9 cm³/mol. The van der Waals surface area contributed by atoms with E-state index in [2.05, 4.69) is 24.4 Å². The Morgan fingerprint density at radius 2 is 2.15 bits per heavy atom. The fourth-order valence-corrected chi connectivity index (χ4v) is 2.53. The molecule has 0 radical (unpaired) electrons. The molecule has 1 aromatic carbocycles. The molecule has 0 aliphatic carbocycles. The topological polar surface area (TPSA) is 30.5 Å². The maximum atomic E-state index is 5.78. The van der Waals surface area contributed by atoms with Gasteiger partial charge < -0.3 is 14.8 Å². The van der Waals surface area contributed by atoms with Gasteiger partial charge in [0.2, 0.25) is 0 Å². The van der Waals surface area contributed by atoms with Gasteiger partial charge in [-0.1, -0.05) is 25.1 Å². The third kappa shape index (κ3) is 3.76. The Balaban J connectivity index is 2.27. The summed E-state index contributed by atoms with van der Waals surface area (Å²) in [5, 5.41) is 3.63. The molecule has 3 heteroatoms. The highest BCUT2D eigenvalue weighted by Crippen LogP contribution is 2.33. The average Bonchev–Trinajstić information content (AvgIpc) is 2.50. The zero-order chi connectivity index (χ0) is 14.2. The number of hydrogen-bond donors (Lipinski definition) is 1. The Morgan fingerprint density at radius 1 is 1.30 bits per heavy atom. The lowest BCUT2D eigenvalue weighted by molar-refractivity contribution is 0.219. The van der Waals surface area contributed by atoms with Crippen LogP contribution in [-0.2, 0) is 4.74 Å². The van der Waals surface area contributed by atoms with Crippen LogP contribution in [-0.4, -0.2) is 19.8 Å². The van der Waals surface area contributed by atoms with Crippen LogP contribution in [0.3, 0.4) is 0 Å². The zero-order valence-corrected chi connectivity index (χ0v) is 12.5. The van der Waals surface area contributed by atoms with E-state index < -0.39 is 0 Å². The van der Waals surface area contributed by atoms with Crippen molar-refractivity contribution in [2.75, 3.05) is 19.8 Å². The fourth-order valence-electron chi connectivity index (χ4n) is 2.53. The molecule has 0 amide bonds. The van der Waals surface area contributed by atoms with Gasteiger partial charge in [-0.15, -0.1) is 0 Å². The summed E-state index contributed by atoms with van der Waals surface area (Å²) in [5.74, 6) is 0.968. The Labute approximate surface area is 122 Å². The Bertz CT molecular complexity index is 442. The van der Waals surface area contributed by atoms with E-state index in [-0.39, 0.29) is 6.04 Å². The van der Waals surface area contributed by atoms with Crippen molar-refractivity contribution in [2.24, 2.45) is 0 Å². The number of rotatable bonds is 7. The van der Waals surface area contributed by atoms with Crippen LogP contribution >= 0.6 is 0 Å². The van der Waals surface area contributed by atoms with E-state index >= 15 is 0 Å². The lowest BCUT2D eigenvalue weighted by atomic mass is 9.94. The molecule has 1 aliphatic heterocycles. The van der Waals surface area contributed by atoms with E-state index in [1.165, 1.54) is 11.1 Å². The largest absolute Gasteiger partial charge is 0.501 e. The maximum Gasteiger partial charge on any atom is 0.124 e. The molecular weight excluding hydrogens is 250 g/mol. The molecule has 3 nitrogen and oxygen atoms in total. The van der Waals surface area contributed by atoms with E-state index in [9.17, 15) is 0 Å². The molecule has 2 rings (SSSR count). The van der Waals surface area contributed by atoms with Crippen molar-refractivity contribution in [3.63, 3.8) is 0 Å². The van der Waals surface area contributed by atoms with Gasteiger partial charge in [0.1, 0.15) is 5.75 Å². The van der Waals surface area contributed by atoms with Crippen molar-refractivity contribution in [1.29, 1.82) is 0 Å². The van der Waals surface area contributed by atoms with E-state index in [4.69, 9.17) is 9.47 Å². The Morgan fingerprint density at radius 3 is 2.85 bits per heavy atom. The molecule has 0 bridgehead atoms. The lowest BCUT2D eigenvalue weighted by Crippen LogP contribution is -2.26. The number of benzene rings is 1. The molecule has 20 heavy (non-hydrogen) atoms. The van der Waals surface area contributed by atoms with Crippen molar-refractivity contribution < 1.29 is 9.47 Å². The van der Waals surface area contributed by atoms with Gasteiger partial charge in [-0.3, -0.25) is 0 Å². The van der Waals surface area contributed by atoms with Crippen LogP contribution < -0.4 is 10.1 Å². The first kappa shape index (κ1) is 14.9. The second kappa shape index (κ2) is 7.95. The highest BCUT2D eigenvalue weighted by molar-refractivity contribution is 5.40. The van der Waals surface area contributed by atoms with Crippen LogP contribution in [0.4, 0.5) is 0 Å². The first-order valence-electron chi connectivity index (χ1n) is 7.62. The second-order valence-electron chi connectivity index (χ2n) is 5.03. The summed E-state index contributed by atoms with van der Waals surface area (Å²) in [7, 11) is 0. The lowest BCUT2D eigenvalue weighted by Gasteiger charge is -2.26. The Hall–Kier alpha value is -1.48. The molecule has 0 saturated carbocycles. The minimum absolute atomic E-state index is 0.193. The zero-order valence-electron chi connectivity index (χ0n) is 12.5. The van der Waals surface area contributed by atoms with Crippen LogP contribution in [0.25, 0.3) is 0 Å². The van der Waals surface area contributed by atoms with E-state index in [1.807, 2.05) is 25.3 Å². The molecule has 0 spiro atoms. The normalized spacial score (nSPS) is 16.2. The minimum Gasteiger partial charge on any atom is -0.501 e. The number of ether oxygens (including phenoxy) is 2. The van der Waals surface area contributed by atoms with Gasteiger partial charge in [0, 0.05) is 5.56 Å². The average molecular weight is 275 g/mol. The van der Waals surface area contributed by atoms with E-state index in [1.54, 1.807) is 0 Å². The molecule has 0 saturated heterocycles. The van der Waals surface area contributed by atoms with Gasteiger partial charge in [0.25, 0.3) is 0 Å². The summed E-state index contributed by atoms with van der Waals surface area (Å²) >= 11 is 0. The molecule has 1 aliphatic rings. The quantitative estimate of drug-likeness (QED) is 0.820. The third-order valence-electron chi connectivity index (χ3n) is 3.46. The standard InChI is InChI=1S/C17H25NO2/c1-3-11-18-17(14-8-7-12-19-13-14)15-9-5-6-10-16(15)20-4-2/h5-6,9-10,13,17-18H,3-4,7-8,11-12H2,1-2H3. The maximum absolute atomic E-state index is 5.78. The molecule has 1 heterocycles. The smallest absolute Gasteiger partial charge is 0.124 e. The monoisotopic (exact) mass is 275 g/mol. The Kier molecular flexibility index (Phi) is 5.93. The summed E-state index contributed by atoms with van der Waals surface area (Å²) < 4.78 is 11.3. The highest BCUT2D eigenvalue weighted by atomic mass is 16.5. The second-order valence-corrected chi connectivity index (χ2v) is 5.03. The van der Waals surface area contributed by atoms with Gasteiger partial charge in [0.15, 0.2) is 0 Å². The number of nitrogens with one attached hydrogen (secondary N) is 1. The van der Waals surface area contributed by atoms with Crippen LogP contribution in [0.1, 0.15) is 44.7 Å². The highest BCUT2D eigenvalue weighted by Gasteiger charge is 2.21. The summed E-state index contributed by atoms with van der Waals surface area (Å²) in [6.07, 6.45) is 5.22. The van der Waals surface area contributed by atoms with Crippen LogP contribution in [0.15, 0.2) is 36.1 Å². The summed E-state index contributed by atoms with van der Waals surface area (Å²) in [6, 6.07) is 8.48. The van der Waals surface area contributed by atoms with Crippen molar-refractivity contribution in [1.82, 2.24) is 5.32 Å². The van der Waals surface area contributed by atoms with Crippen LogP contribution in [0.5, 0.6) is 5.75 Å². The molecule has 1 aromatic rings. The predicted octanol–water partition coefficient (Wildman–Crippen LogP) is 3.82. The van der Waals surface area contributed by atoms with E-state index in [0.717, 1.165) is 38.2 Å². The fraction of sp³-hybridized carbons (Fsp3) is 0.529. The number of hydrogen-bond acceptors (Lipinski definition) is 3. The first-order valence-corrected chi connectivity index (χ1v) is 7.62. The van der Waals surface area contributed by atoms with Crippen molar-refractivity contribution in [3.8, 4) is 5.75 Å². The summed E-state index contributed by atoms with van der Waals surface area (Å²) in [5.41, 5.74) is 2.52. The first-order chi connectivity index (χ1) is 9.86.